The summed E-state index contributed by atoms with van der Waals surface area (Å²) in [5.74, 6) is -2.92. The number of amides is 3. The van der Waals surface area contributed by atoms with Crippen molar-refractivity contribution in [1.82, 2.24) is 10.6 Å². The van der Waals surface area contributed by atoms with Crippen molar-refractivity contribution >= 4 is 29.7 Å². The molecule has 0 heterocycles. The lowest BCUT2D eigenvalue weighted by Gasteiger charge is -2.19. The Morgan fingerprint density at radius 2 is 1.50 bits per heavy atom. The van der Waals surface area contributed by atoms with Crippen LogP contribution >= 0.6 is 0 Å². The number of nitrogens with one attached hydrogen (secondary N) is 2. The highest BCUT2D eigenvalue weighted by molar-refractivity contribution is 5.98. The van der Waals surface area contributed by atoms with Crippen LogP contribution in [0.2, 0.25) is 0 Å². The molecule has 3 amide bonds. The van der Waals surface area contributed by atoms with Crippen molar-refractivity contribution in [1.29, 1.82) is 0 Å². The van der Waals surface area contributed by atoms with Gasteiger partial charge in [-0.05, 0) is 38.0 Å². The number of primary amides is 1. The molecule has 1 aromatic carbocycles. The van der Waals surface area contributed by atoms with Gasteiger partial charge in [0.05, 0.1) is 13.2 Å². The molecule has 0 fully saturated rings. The Bertz CT molecular complexity index is 855. The minimum Gasteiger partial charge on any atom is -0.467 e. The van der Waals surface area contributed by atoms with Crippen molar-refractivity contribution in [2.24, 2.45) is 5.73 Å². The predicted molar refractivity (Wildman–Crippen MR) is 131 cm³/mol. The quantitative estimate of drug-likeness (QED) is 0.161. The number of unbranched alkanes of at least 4 members (excludes halogenated alkanes) is 2. The van der Waals surface area contributed by atoms with Crippen LogP contribution in [-0.2, 0) is 39.9 Å². The SMILES string of the molecule is CCCCCNC(=O)[C@H](Cc1ccc(OC(C(=O)OCC)C(=O)OCC)cc1)NC(=O)CCC(N)=O. The van der Waals surface area contributed by atoms with Gasteiger partial charge in [0.25, 0.3) is 6.10 Å². The van der Waals surface area contributed by atoms with E-state index in [-0.39, 0.29) is 44.1 Å². The monoisotopic (exact) mass is 507 g/mol. The molecule has 36 heavy (non-hydrogen) atoms. The van der Waals surface area contributed by atoms with Crippen LogP contribution in [0.1, 0.15) is 58.4 Å². The molecular formula is C25H37N3O8. The summed E-state index contributed by atoms with van der Waals surface area (Å²) in [6.07, 6.45) is 1.15. The maximum absolute atomic E-state index is 12.7. The fourth-order valence-electron chi connectivity index (χ4n) is 3.13. The molecule has 0 aromatic heterocycles. The van der Waals surface area contributed by atoms with Gasteiger partial charge >= 0.3 is 11.9 Å². The van der Waals surface area contributed by atoms with Gasteiger partial charge in [0, 0.05) is 25.8 Å². The number of nitrogens with two attached hydrogens (primary N) is 1. The summed E-state index contributed by atoms with van der Waals surface area (Å²) in [6.45, 7) is 5.90. The Balaban J connectivity index is 2.92. The van der Waals surface area contributed by atoms with Crippen LogP contribution in [0.3, 0.4) is 0 Å². The van der Waals surface area contributed by atoms with E-state index in [9.17, 15) is 24.0 Å². The lowest BCUT2D eigenvalue weighted by Crippen LogP contribution is -2.48. The van der Waals surface area contributed by atoms with Gasteiger partial charge in [-0.1, -0.05) is 31.9 Å². The first kappa shape index (κ1) is 30.4. The van der Waals surface area contributed by atoms with E-state index >= 15 is 0 Å². The molecule has 0 spiro atoms. The zero-order chi connectivity index (χ0) is 26.9. The fraction of sp³-hybridized carbons (Fsp3) is 0.560. The highest BCUT2D eigenvalue weighted by Gasteiger charge is 2.32. The molecule has 0 unspecified atom stereocenters. The predicted octanol–water partition coefficient (Wildman–Crippen LogP) is 1.16. The molecule has 0 saturated carbocycles. The van der Waals surface area contributed by atoms with Crippen LogP contribution in [0.25, 0.3) is 0 Å². The third-order valence-electron chi connectivity index (χ3n) is 4.95. The Morgan fingerprint density at radius 3 is 2.03 bits per heavy atom. The second-order valence-corrected chi connectivity index (χ2v) is 7.93. The molecule has 200 valence electrons. The fourth-order valence-corrected chi connectivity index (χ4v) is 3.13. The third kappa shape index (κ3) is 11.7. The molecule has 0 bridgehead atoms. The number of hydrogen-bond donors (Lipinski definition) is 3. The summed E-state index contributed by atoms with van der Waals surface area (Å²) >= 11 is 0. The van der Waals surface area contributed by atoms with Crippen molar-refractivity contribution in [3.05, 3.63) is 29.8 Å². The normalized spacial score (nSPS) is 11.3. The van der Waals surface area contributed by atoms with Crippen LogP contribution in [0.4, 0.5) is 0 Å². The minimum absolute atomic E-state index is 0.0735. The molecular weight excluding hydrogens is 470 g/mol. The van der Waals surface area contributed by atoms with Crippen LogP contribution < -0.4 is 21.1 Å². The second-order valence-electron chi connectivity index (χ2n) is 7.93. The molecule has 1 rings (SSSR count). The first-order valence-electron chi connectivity index (χ1n) is 12.2. The average Bonchev–Trinajstić information content (AvgIpc) is 2.84. The lowest BCUT2D eigenvalue weighted by atomic mass is 10.0. The van der Waals surface area contributed by atoms with E-state index in [1.54, 1.807) is 26.0 Å². The third-order valence-corrected chi connectivity index (χ3v) is 4.95. The number of carbonyl (C=O) groups excluding carboxylic acids is 5. The van der Waals surface area contributed by atoms with E-state index in [4.69, 9.17) is 19.9 Å². The van der Waals surface area contributed by atoms with Gasteiger partial charge in [0.1, 0.15) is 11.8 Å². The average molecular weight is 508 g/mol. The second kappa shape index (κ2) is 16.9. The van der Waals surface area contributed by atoms with Gasteiger partial charge in [-0.25, -0.2) is 9.59 Å². The molecule has 0 aliphatic carbocycles. The highest BCUT2D eigenvalue weighted by atomic mass is 16.6. The first-order chi connectivity index (χ1) is 17.2. The summed E-state index contributed by atoms with van der Waals surface area (Å²) in [5.41, 5.74) is 5.79. The van der Waals surface area contributed by atoms with Crippen molar-refractivity contribution in [3.8, 4) is 5.75 Å². The van der Waals surface area contributed by atoms with E-state index in [0.717, 1.165) is 19.3 Å². The summed E-state index contributed by atoms with van der Waals surface area (Å²) in [4.78, 5) is 60.2. The number of hydrogen-bond acceptors (Lipinski definition) is 8. The Morgan fingerprint density at radius 1 is 0.889 bits per heavy atom. The molecule has 4 N–H and O–H groups in total. The number of rotatable bonds is 17. The number of esters is 2. The molecule has 0 radical (unpaired) electrons. The van der Waals surface area contributed by atoms with Crippen LogP contribution in [0.15, 0.2) is 24.3 Å². The largest absolute Gasteiger partial charge is 0.467 e. The summed E-state index contributed by atoms with van der Waals surface area (Å²) in [5, 5.41) is 5.48. The van der Waals surface area contributed by atoms with Crippen LogP contribution in [-0.4, -0.2) is 61.6 Å². The molecule has 11 heteroatoms. The first-order valence-corrected chi connectivity index (χ1v) is 12.2. The van der Waals surface area contributed by atoms with Crippen LogP contribution in [0.5, 0.6) is 5.75 Å². The zero-order valence-corrected chi connectivity index (χ0v) is 21.2. The van der Waals surface area contributed by atoms with E-state index in [0.29, 0.717) is 12.1 Å². The lowest BCUT2D eigenvalue weighted by molar-refractivity contribution is -0.166. The van der Waals surface area contributed by atoms with E-state index < -0.39 is 35.9 Å². The topological polar surface area (TPSA) is 163 Å². The van der Waals surface area contributed by atoms with Gasteiger partial charge in [-0.15, -0.1) is 0 Å². The Kier molecular flexibility index (Phi) is 14.3. The van der Waals surface area contributed by atoms with E-state index in [2.05, 4.69) is 17.6 Å². The van der Waals surface area contributed by atoms with Gasteiger partial charge in [-0.2, -0.15) is 0 Å². The highest BCUT2D eigenvalue weighted by Crippen LogP contribution is 2.17. The zero-order valence-electron chi connectivity index (χ0n) is 21.2. The van der Waals surface area contributed by atoms with Crippen molar-refractivity contribution in [2.75, 3.05) is 19.8 Å². The summed E-state index contributed by atoms with van der Waals surface area (Å²) in [7, 11) is 0. The maximum Gasteiger partial charge on any atom is 0.359 e. The van der Waals surface area contributed by atoms with Gasteiger partial charge < -0.3 is 30.6 Å². The van der Waals surface area contributed by atoms with Crippen LogP contribution in [0, 0.1) is 0 Å². The number of ether oxygens (including phenoxy) is 3. The Hall–Kier alpha value is -3.63. The molecule has 0 saturated heterocycles. The van der Waals surface area contributed by atoms with E-state index in [1.807, 2.05) is 0 Å². The molecule has 1 aromatic rings. The standard InChI is InChI=1S/C25H37N3O8/c1-4-7-8-15-27-23(31)19(28-21(30)14-13-20(26)29)16-17-9-11-18(12-10-17)36-22(24(32)34-5-2)25(33)35-6-3/h9-12,19,22H,4-8,13-16H2,1-3H3,(H2,26,29)(H,27,31)(H,28,30)/t19-/m0/s1. The van der Waals surface area contributed by atoms with Gasteiger partial charge in [0.15, 0.2) is 0 Å². The minimum atomic E-state index is -1.57. The van der Waals surface area contributed by atoms with Gasteiger partial charge in [-0.3, -0.25) is 14.4 Å². The molecule has 0 aliphatic heterocycles. The summed E-state index contributed by atoms with van der Waals surface area (Å²) in [6, 6.07) is 5.49. The smallest absolute Gasteiger partial charge is 0.359 e. The van der Waals surface area contributed by atoms with Crippen molar-refractivity contribution in [2.45, 2.75) is 71.4 Å². The molecule has 11 nitrogen and oxygen atoms in total. The molecule has 1 atom stereocenters. The summed E-state index contributed by atoms with van der Waals surface area (Å²) < 4.78 is 15.3. The van der Waals surface area contributed by atoms with Gasteiger partial charge in [0.2, 0.25) is 17.7 Å². The maximum atomic E-state index is 12.7. The van der Waals surface area contributed by atoms with Crippen molar-refractivity contribution in [3.63, 3.8) is 0 Å². The molecule has 0 aliphatic rings. The van der Waals surface area contributed by atoms with E-state index in [1.165, 1.54) is 12.1 Å². The number of carbonyl (C=O) groups is 5. The number of benzene rings is 1. The Labute approximate surface area is 211 Å². The van der Waals surface area contributed by atoms with Crippen molar-refractivity contribution < 1.29 is 38.2 Å².